The second-order valence-electron chi connectivity index (χ2n) is 10.9. The highest BCUT2D eigenvalue weighted by atomic mass is 16.5. The largest absolute Gasteiger partial charge is 0.461 e. The lowest BCUT2D eigenvalue weighted by Crippen LogP contribution is -2.51. The fourth-order valence-corrected chi connectivity index (χ4v) is 4.74. The lowest BCUT2D eigenvalue weighted by molar-refractivity contribution is -0.116. The van der Waals surface area contributed by atoms with Gasteiger partial charge in [-0.1, -0.05) is 66.2 Å². The van der Waals surface area contributed by atoms with Crippen molar-refractivity contribution in [2.24, 2.45) is 11.7 Å². The van der Waals surface area contributed by atoms with Crippen LogP contribution in [0.15, 0.2) is 0 Å². The average Bonchev–Trinajstić information content (AvgIpc) is 2.89. The molecule has 1 aromatic heterocycles. The van der Waals surface area contributed by atoms with E-state index in [-0.39, 0.29) is 12.6 Å². The summed E-state index contributed by atoms with van der Waals surface area (Å²) in [6.07, 6.45) is 11.4. The first kappa shape index (κ1) is 32.0. The highest BCUT2D eigenvalue weighted by molar-refractivity contribution is 5.78. The number of rotatable bonds is 20. The maximum absolute atomic E-state index is 11.5. The molecular formula is C28H53N7O3. The van der Waals surface area contributed by atoms with Crippen molar-refractivity contribution in [2.45, 2.75) is 91.5 Å². The molecule has 0 aliphatic carbocycles. The molecule has 1 fully saturated rings. The molecule has 218 valence electrons. The smallest absolute Gasteiger partial charge is 0.323 e. The van der Waals surface area contributed by atoms with Crippen molar-refractivity contribution in [2.75, 3.05) is 69.4 Å². The maximum atomic E-state index is 11.5. The van der Waals surface area contributed by atoms with Crippen LogP contribution in [0.1, 0.15) is 85.5 Å². The molecule has 0 aromatic carbocycles. The summed E-state index contributed by atoms with van der Waals surface area (Å²) in [5.41, 5.74) is 5.41. The quantitative estimate of drug-likeness (QED) is 0.249. The number of carbonyl (C=O) groups excluding carboxylic acids is 1. The third-order valence-electron chi connectivity index (χ3n) is 7.00. The Morgan fingerprint density at radius 3 is 2.32 bits per heavy atom. The highest BCUT2D eigenvalue weighted by Crippen LogP contribution is 2.22. The summed E-state index contributed by atoms with van der Waals surface area (Å²) in [4.78, 5) is 31.7. The third-order valence-corrected chi connectivity index (χ3v) is 7.00. The van der Waals surface area contributed by atoms with Crippen LogP contribution in [0.4, 0.5) is 11.9 Å². The van der Waals surface area contributed by atoms with E-state index in [1.54, 1.807) is 11.9 Å². The molecule has 1 aromatic rings. The molecule has 0 saturated carbocycles. The average molecular weight is 536 g/mol. The molecule has 1 amide bonds. The van der Waals surface area contributed by atoms with E-state index in [4.69, 9.17) is 15.2 Å². The first-order valence-corrected chi connectivity index (χ1v) is 14.8. The first-order valence-electron chi connectivity index (χ1n) is 14.8. The minimum absolute atomic E-state index is 0.0198. The van der Waals surface area contributed by atoms with Crippen LogP contribution in [0.25, 0.3) is 0 Å². The zero-order valence-electron chi connectivity index (χ0n) is 24.7. The summed E-state index contributed by atoms with van der Waals surface area (Å²) < 4.78 is 11.5. The van der Waals surface area contributed by atoms with Crippen molar-refractivity contribution >= 4 is 17.8 Å². The zero-order valence-corrected chi connectivity index (χ0v) is 24.7. The van der Waals surface area contributed by atoms with Crippen LogP contribution < -0.4 is 20.3 Å². The van der Waals surface area contributed by atoms with Crippen LogP contribution in [0.2, 0.25) is 0 Å². The van der Waals surface area contributed by atoms with Crippen LogP contribution in [-0.2, 0) is 9.53 Å². The number of unbranched alkanes of at least 4 members (excludes halogenated alkanes) is 4. The Labute approximate surface area is 230 Å². The van der Waals surface area contributed by atoms with Crippen molar-refractivity contribution < 1.29 is 14.3 Å². The predicted octanol–water partition coefficient (Wildman–Crippen LogP) is 3.89. The van der Waals surface area contributed by atoms with E-state index in [0.717, 1.165) is 32.6 Å². The number of hydrogen-bond donors (Lipinski definition) is 1. The van der Waals surface area contributed by atoms with E-state index in [1.807, 2.05) is 0 Å². The van der Waals surface area contributed by atoms with Gasteiger partial charge in [0, 0.05) is 45.9 Å². The number of likely N-dealkylation sites (N-methyl/N-ethyl adjacent to an activating group) is 1. The molecule has 2 rings (SSSR count). The van der Waals surface area contributed by atoms with Gasteiger partial charge in [-0.25, -0.2) is 0 Å². The molecule has 0 bridgehead atoms. The molecule has 1 aliphatic heterocycles. The molecule has 0 spiro atoms. The van der Waals surface area contributed by atoms with Crippen LogP contribution in [0, 0.1) is 5.92 Å². The Morgan fingerprint density at radius 2 is 1.66 bits per heavy atom. The van der Waals surface area contributed by atoms with Crippen LogP contribution in [0.3, 0.4) is 0 Å². The Hall–Kier alpha value is -2.20. The van der Waals surface area contributed by atoms with Crippen molar-refractivity contribution in [3.8, 4) is 6.01 Å². The van der Waals surface area contributed by atoms with E-state index < -0.39 is 5.91 Å². The Bertz CT molecular complexity index is 788. The van der Waals surface area contributed by atoms with Gasteiger partial charge in [0.1, 0.15) is 6.61 Å². The highest BCUT2D eigenvalue weighted by Gasteiger charge is 2.26. The van der Waals surface area contributed by atoms with Gasteiger partial charge in [0.05, 0.1) is 13.2 Å². The summed E-state index contributed by atoms with van der Waals surface area (Å²) in [5, 5.41) is 0. The van der Waals surface area contributed by atoms with Gasteiger partial charge in [-0.2, -0.15) is 15.0 Å². The van der Waals surface area contributed by atoms with E-state index in [0.29, 0.717) is 43.7 Å². The second-order valence-corrected chi connectivity index (χ2v) is 10.9. The number of anilines is 2. The van der Waals surface area contributed by atoms with Crippen molar-refractivity contribution in [3.05, 3.63) is 0 Å². The molecular weight excluding hydrogens is 482 g/mol. The SMILES string of the molecule is CCCCCCCC(CCC)N1CCN(c2nc(OCCOCCC(C)C)nc(N(C)CC(N)=O)n2)CC1. The van der Waals surface area contributed by atoms with Gasteiger partial charge in [-0.05, 0) is 25.2 Å². The monoisotopic (exact) mass is 535 g/mol. The third kappa shape index (κ3) is 12.1. The Kier molecular flexibility index (Phi) is 15.3. The topological polar surface area (TPSA) is 110 Å². The van der Waals surface area contributed by atoms with Crippen LogP contribution in [-0.4, -0.2) is 91.4 Å². The minimum atomic E-state index is -0.444. The van der Waals surface area contributed by atoms with E-state index >= 15 is 0 Å². The molecule has 2 heterocycles. The summed E-state index contributed by atoms with van der Waals surface area (Å²) in [5.74, 6) is 1.12. The van der Waals surface area contributed by atoms with Crippen molar-refractivity contribution in [3.63, 3.8) is 0 Å². The number of ether oxygens (including phenoxy) is 2. The minimum Gasteiger partial charge on any atom is -0.461 e. The molecule has 10 nitrogen and oxygen atoms in total. The van der Waals surface area contributed by atoms with Crippen LogP contribution in [0.5, 0.6) is 6.01 Å². The molecule has 2 N–H and O–H groups in total. The number of hydrogen-bond acceptors (Lipinski definition) is 9. The van der Waals surface area contributed by atoms with Gasteiger partial charge in [-0.3, -0.25) is 9.69 Å². The van der Waals surface area contributed by atoms with Crippen molar-refractivity contribution in [1.82, 2.24) is 19.9 Å². The summed E-state index contributed by atoms with van der Waals surface area (Å²) in [6, 6.07) is 0.890. The molecule has 0 radical (unpaired) electrons. The molecule has 1 aliphatic rings. The number of piperazine rings is 1. The van der Waals surface area contributed by atoms with E-state index in [2.05, 4.69) is 52.4 Å². The molecule has 38 heavy (non-hydrogen) atoms. The normalized spacial score (nSPS) is 15.2. The summed E-state index contributed by atoms with van der Waals surface area (Å²) in [6.45, 7) is 14.1. The van der Waals surface area contributed by atoms with E-state index in [1.165, 1.54) is 51.4 Å². The number of nitrogens with two attached hydrogens (primary N) is 1. The molecule has 1 atom stereocenters. The van der Waals surface area contributed by atoms with Gasteiger partial charge >= 0.3 is 6.01 Å². The number of aromatic nitrogens is 3. The predicted molar refractivity (Wildman–Crippen MR) is 154 cm³/mol. The van der Waals surface area contributed by atoms with Crippen molar-refractivity contribution in [1.29, 1.82) is 0 Å². The molecule has 10 heteroatoms. The Morgan fingerprint density at radius 1 is 0.921 bits per heavy atom. The fourth-order valence-electron chi connectivity index (χ4n) is 4.74. The summed E-state index contributed by atoms with van der Waals surface area (Å²) in [7, 11) is 1.75. The molecule has 1 saturated heterocycles. The molecule has 1 unspecified atom stereocenters. The van der Waals surface area contributed by atoms with E-state index in [9.17, 15) is 4.79 Å². The van der Waals surface area contributed by atoms with Gasteiger partial charge in [0.15, 0.2) is 0 Å². The van der Waals surface area contributed by atoms with Gasteiger partial charge in [0.2, 0.25) is 17.8 Å². The maximum Gasteiger partial charge on any atom is 0.323 e. The van der Waals surface area contributed by atoms with Gasteiger partial charge in [-0.15, -0.1) is 0 Å². The first-order chi connectivity index (χ1) is 18.3. The zero-order chi connectivity index (χ0) is 27.8. The Balaban J connectivity index is 2.00. The lowest BCUT2D eigenvalue weighted by Gasteiger charge is -2.39. The number of primary amides is 1. The second kappa shape index (κ2) is 18.2. The van der Waals surface area contributed by atoms with Gasteiger partial charge in [0.25, 0.3) is 0 Å². The summed E-state index contributed by atoms with van der Waals surface area (Å²) >= 11 is 0. The lowest BCUT2D eigenvalue weighted by atomic mass is 10.0. The number of nitrogens with zero attached hydrogens (tertiary/aromatic N) is 6. The standard InChI is InChI=1S/C28H53N7O3/c1-6-8-9-10-11-13-24(12-7-2)34-15-17-35(18-16-34)27-30-26(33(5)22-25(29)36)31-28(32-27)38-21-20-37-19-14-23(3)4/h23-24H,6-22H2,1-5H3,(H2,29,36). The number of carbonyl (C=O) groups is 1. The van der Waals surface area contributed by atoms with Crippen LogP contribution >= 0.6 is 0 Å². The fraction of sp³-hybridized carbons (Fsp3) is 0.857. The van der Waals surface area contributed by atoms with Gasteiger partial charge < -0.3 is 25.0 Å². The number of amides is 1.